The predicted octanol–water partition coefficient (Wildman–Crippen LogP) is 3.58. The van der Waals surface area contributed by atoms with Crippen LogP contribution >= 0.6 is 0 Å². The van der Waals surface area contributed by atoms with Gasteiger partial charge in [0.2, 0.25) is 0 Å². The van der Waals surface area contributed by atoms with E-state index in [0.717, 1.165) is 32.1 Å². The lowest BCUT2D eigenvalue weighted by Crippen LogP contribution is -2.60. The van der Waals surface area contributed by atoms with Crippen LogP contribution in [0.2, 0.25) is 0 Å². The Morgan fingerprint density at radius 2 is 2.03 bits per heavy atom. The van der Waals surface area contributed by atoms with Crippen LogP contribution in [0.3, 0.4) is 0 Å². The van der Waals surface area contributed by atoms with Crippen molar-refractivity contribution in [3.05, 3.63) is 11.6 Å². The molecule has 5 aliphatic carbocycles. The van der Waals surface area contributed by atoms with E-state index in [1.807, 2.05) is 6.08 Å². The topological polar surface area (TPSA) is 76.1 Å². The number of carbonyl (C=O) groups excluding carboxylic acids is 2. The second kappa shape index (κ2) is 5.78. The Bertz CT molecular complexity index is 864. The molecule has 5 nitrogen and oxygen atoms in total. The maximum absolute atomic E-state index is 12.1. The summed E-state index contributed by atoms with van der Waals surface area (Å²) in [5, 5.41) is 12.1. The van der Waals surface area contributed by atoms with Crippen LogP contribution in [0.1, 0.15) is 71.6 Å². The normalized spacial score (nSPS) is 55.1. The standard InChI is InChI=1S/C25H34O5/c1-22-10-8-15(26)12-14(22)4-6-18-21-16-5-7-17(16)24(28,11-9-20(27)29-3)23(21,2)13-19-25(18,22)30-19/h12,16-19,21,28H,4-11,13H2,1-3H3/t16-,17+,18+,19-,21+,22+,23+,24+,25+/m1/s1. The average molecular weight is 415 g/mol. The summed E-state index contributed by atoms with van der Waals surface area (Å²) < 4.78 is 11.6. The number of aliphatic hydroxyl groups is 1. The molecule has 6 aliphatic rings. The molecule has 1 aliphatic heterocycles. The summed E-state index contributed by atoms with van der Waals surface area (Å²) in [6, 6.07) is 0. The minimum absolute atomic E-state index is 0.0399. The molecule has 0 aromatic heterocycles. The van der Waals surface area contributed by atoms with Crippen molar-refractivity contribution in [3.63, 3.8) is 0 Å². The third-order valence-electron chi connectivity index (χ3n) is 10.9. The van der Waals surface area contributed by atoms with E-state index in [-0.39, 0.29) is 40.7 Å². The van der Waals surface area contributed by atoms with Gasteiger partial charge in [-0.25, -0.2) is 0 Å². The summed E-state index contributed by atoms with van der Waals surface area (Å²) in [7, 11) is 1.42. The van der Waals surface area contributed by atoms with Crippen LogP contribution in [-0.4, -0.2) is 41.3 Å². The Hall–Kier alpha value is -1.20. The SMILES string of the molecule is COC(=O)CC[C@]1(O)[C@H]2CC[C@H]2[C@H]2[C@@H]3CCC4=CC(=O)CC[C@]4(C)[C@]34O[C@@H]4C[C@@]21C. The smallest absolute Gasteiger partial charge is 0.305 e. The van der Waals surface area contributed by atoms with Gasteiger partial charge in [-0.1, -0.05) is 19.4 Å². The number of hydrogen-bond donors (Lipinski definition) is 1. The van der Waals surface area contributed by atoms with Gasteiger partial charge in [0.1, 0.15) is 5.60 Å². The zero-order valence-corrected chi connectivity index (χ0v) is 18.4. The maximum atomic E-state index is 12.1. The molecule has 0 radical (unpaired) electrons. The fourth-order valence-electron chi connectivity index (χ4n) is 9.38. The zero-order valence-electron chi connectivity index (χ0n) is 18.4. The van der Waals surface area contributed by atoms with Crippen molar-refractivity contribution in [3.8, 4) is 0 Å². The van der Waals surface area contributed by atoms with Crippen LogP contribution in [0.15, 0.2) is 11.6 Å². The lowest BCUT2D eigenvalue weighted by Gasteiger charge is -2.57. The Morgan fingerprint density at radius 1 is 1.23 bits per heavy atom. The van der Waals surface area contributed by atoms with E-state index in [2.05, 4.69) is 13.8 Å². The fourth-order valence-corrected chi connectivity index (χ4v) is 9.38. The monoisotopic (exact) mass is 414 g/mol. The number of ketones is 1. The van der Waals surface area contributed by atoms with Gasteiger partial charge < -0.3 is 14.6 Å². The molecule has 1 saturated heterocycles. The Morgan fingerprint density at radius 3 is 2.73 bits per heavy atom. The highest BCUT2D eigenvalue weighted by Crippen LogP contribution is 2.80. The van der Waals surface area contributed by atoms with Crippen LogP contribution in [0.5, 0.6) is 0 Å². The molecule has 30 heavy (non-hydrogen) atoms. The van der Waals surface area contributed by atoms with E-state index in [4.69, 9.17) is 9.47 Å². The summed E-state index contributed by atoms with van der Waals surface area (Å²) in [5.41, 5.74) is 0.0963. The van der Waals surface area contributed by atoms with Gasteiger partial charge in [0.15, 0.2) is 5.78 Å². The molecule has 5 fully saturated rings. The lowest BCUT2D eigenvalue weighted by molar-refractivity contribution is -0.151. The molecule has 9 atom stereocenters. The lowest BCUT2D eigenvalue weighted by atomic mass is 9.45. The molecule has 0 bridgehead atoms. The van der Waals surface area contributed by atoms with Crippen LogP contribution < -0.4 is 0 Å². The van der Waals surface area contributed by atoms with Crippen molar-refractivity contribution < 1.29 is 24.2 Å². The molecular weight excluding hydrogens is 380 g/mol. The van der Waals surface area contributed by atoms with E-state index in [1.54, 1.807) is 0 Å². The molecular formula is C25H34O5. The highest BCUT2D eigenvalue weighted by atomic mass is 16.6. The predicted molar refractivity (Wildman–Crippen MR) is 109 cm³/mol. The van der Waals surface area contributed by atoms with Gasteiger partial charge in [-0.05, 0) is 74.7 Å². The van der Waals surface area contributed by atoms with Crippen LogP contribution in [-0.2, 0) is 19.1 Å². The van der Waals surface area contributed by atoms with Crippen molar-refractivity contribution in [1.29, 1.82) is 0 Å². The fraction of sp³-hybridized carbons (Fsp3) is 0.840. The first kappa shape index (κ1) is 19.5. The molecule has 1 heterocycles. The van der Waals surface area contributed by atoms with E-state index >= 15 is 0 Å². The van der Waals surface area contributed by atoms with Gasteiger partial charge in [0.05, 0.1) is 18.8 Å². The van der Waals surface area contributed by atoms with Gasteiger partial charge in [0, 0.05) is 23.7 Å². The molecule has 1 N–H and O–H groups in total. The number of fused-ring (bicyclic) bond motifs is 5. The number of methoxy groups -OCH3 is 1. The summed E-state index contributed by atoms with van der Waals surface area (Å²) >= 11 is 0. The number of hydrogen-bond acceptors (Lipinski definition) is 5. The number of carbonyl (C=O) groups is 2. The Kier molecular flexibility index (Phi) is 3.75. The molecule has 5 heteroatoms. The molecule has 6 rings (SSSR count). The first-order valence-corrected chi connectivity index (χ1v) is 11.9. The first-order valence-electron chi connectivity index (χ1n) is 11.9. The second-order valence-corrected chi connectivity index (χ2v) is 11.5. The van der Waals surface area contributed by atoms with Crippen molar-refractivity contribution in [2.45, 2.75) is 88.9 Å². The maximum Gasteiger partial charge on any atom is 0.305 e. The minimum Gasteiger partial charge on any atom is -0.469 e. The van der Waals surface area contributed by atoms with E-state index in [9.17, 15) is 14.7 Å². The van der Waals surface area contributed by atoms with Gasteiger partial charge in [-0.15, -0.1) is 0 Å². The van der Waals surface area contributed by atoms with Crippen LogP contribution in [0.25, 0.3) is 0 Å². The van der Waals surface area contributed by atoms with Gasteiger partial charge >= 0.3 is 5.97 Å². The summed E-state index contributed by atoms with van der Waals surface area (Å²) in [6.07, 6.45) is 9.55. The van der Waals surface area contributed by atoms with Crippen LogP contribution in [0.4, 0.5) is 0 Å². The quantitative estimate of drug-likeness (QED) is 0.564. The Labute approximate surface area is 178 Å². The van der Waals surface area contributed by atoms with Gasteiger partial charge in [-0.2, -0.15) is 0 Å². The summed E-state index contributed by atoms with van der Waals surface area (Å²) in [6.45, 7) is 4.63. The van der Waals surface area contributed by atoms with Crippen molar-refractivity contribution in [2.75, 3.05) is 7.11 Å². The average Bonchev–Trinajstić information content (AvgIpc) is 3.38. The highest BCUT2D eigenvalue weighted by molar-refractivity contribution is 5.91. The van der Waals surface area contributed by atoms with Crippen LogP contribution in [0, 0.1) is 34.5 Å². The molecule has 164 valence electrons. The van der Waals surface area contributed by atoms with Crippen molar-refractivity contribution >= 4 is 11.8 Å². The third kappa shape index (κ3) is 1.98. The number of ether oxygens (including phenoxy) is 2. The van der Waals surface area contributed by atoms with E-state index in [0.29, 0.717) is 36.5 Å². The molecule has 0 aromatic rings. The highest BCUT2D eigenvalue weighted by Gasteiger charge is 2.83. The number of epoxide rings is 1. The molecule has 0 aromatic carbocycles. The van der Waals surface area contributed by atoms with Crippen molar-refractivity contribution in [1.82, 2.24) is 0 Å². The van der Waals surface area contributed by atoms with E-state index in [1.165, 1.54) is 19.1 Å². The third-order valence-corrected chi connectivity index (χ3v) is 10.9. The molecule has 1 spiro atoms. The first-order chi connectivity index (χ1) is 14.2. The molecule has 0 amide bonds. The largest absolute Gasteiger partial charge is 0.469 e. The summed E-state index contributed by atoms with van der Waals surface area (Å²) in [4.78, 5) is 24.0. The second-order valence-electron chi connectivity index (χ2n) is 11.5. The van der Waals surface area contributed by atoms with E-state index < -0.39 is 5.60 Å². The van der Waals surface area contributed by atoms with Gasteiger partial charge in [0.25, 0.3) is 0 Å². The molecule has 4 saturated carbocycles. The summed E-state index contributed by atoms with van der Waals surface area (Å²) in [5.74, 6) is 1.75. The number of rotatable bonds is 3. The Balaban J connectivity index is 1.39. The number of esters is 1. The van der Waals surface area contributed by atoms with Gasteiger partial charge in [-0.3, -0.25) is 9.59 Å². The zero-order chi connectivity index (χ0) is 21.1. The van der Waals surface area contributed by atoms with Crippen molar-refractivity contribution in [2.24, 2.45) is 34.5 Å². The molecule has 0 unspecified atom stereocenters. The minimum atomic E-state index is -0.813.